The maximum absolute atomic E-state index is 12.0. The summed E-state index contributed by atoms with van der Waals surface area (Å²) in [5.74, 6) is -0.324. The first-order valence-corrected chi connectivity index (χ1v) is 9.30. The SMILES string of the molecule is Cc1ccc(NC(=S)NC(=O)c2ccccc2)cc1NS(C)(=O)=O. The van der Waals surface area contributed by atoms with Crippen molar-refractivity contribution in [3.63, 3.8) is 0 Å². The van der Waals surface area contributed by atoms with Crippen LogP contribution in [0.2, 0.25) is 0 Å². The molecule has 0 bridgehead atoms. The van der Waals surface area contributed by atoms with Gasteiger partial charge in [-0.05, 0) is 49.0 Å². The van der Waals surface area contributed by atoms with Crippen molar-refractivity contribution in [2.75, 3.05) is 16.3 Å². The van der Waals surface area contributed by atoms with E-state index in [0.29, 0.717) is 16.9 Å². The summed E-state index contributed by atoms with van der Waals surface area (Å²) in [7, 11) is -3.38. The number of hydrogen-bond acceptors (Lipinski definition) is 4. The van der Waals surface area contributed by atoms with E-state index in [0.717, 1.165) is 11.8 Å². The third-order valence-electron chi connectivity index (χ3n) is 3.05. The van der Waals surface area contributed by atoms with Crippen molar-refractivity contribution in [1.82, 2.24) is 5.32 Å². The van der Waals surface area contributed by atoms with Crippen LogP contribution in [-0.4, -0.2) is 25.7 Å². The Morgan fingerprint density at radius 1 is 1.08 bits per heavy atom. The minimum Gasteiger partial charge on any atom is -0.332 e. The van der Waals surface area contributed by atoms with Crippen LogP contribution in [0.25, 0.3) is 0 Å². The van der Waals surface area contributed by atoms with Gasteiger partial charge in [-0.2, -0.15) is 0 Å². The van der Waals surface area contributed by atoms with Gasteiger partial charge in [0.1, 0.15) is 0 Å². The molecular weight excluding hydrogens is 346 g/mol. The van der Waals surface area contributed by atoms with Gasteiger partial charge in [-0.1, -0.05) is 24.3 Å². The van der Waals surface area contributed by atoms with Crippen LogP contribution in [0.1, 0.15) is 15.9 Å². The van der Waals surface area contributed by atoms with Gasteiger partial charge in [-0.15, -0.1) is 0 Å². The Labute approximate surface area is 146 Å². The monoisotopic (exact) mass is 363 g/mol. The molecule has 0 spiro atoms. The number of carbonyl (C=O) groups excluding carboxylic acids is 1. The number of nitrogens with one attached hydrogen (secondary N) is 3. The molecular formula is C16H17N3O3S2. The van der Waals surface area contributed by atoms with Crippen molar-refractivity contribution in [3.8, 4) is 0 Å². The Morgan fingerprint density at radius 2 is 1.75 bits per heavy atom. The Bertz CT molecular complexity index is 865. The van der Waals surface area contributed by atoms with E-state index in [1.54, 1.807) is 49.4 Å². The predicted molar refractivity (Wildman–Crippen MR) is 99.8 cm³/mol. The second-order valence-corrected chi connectivity index (χ2v) is 7.33. The van der Waals surface area contributed by atoms with Gasteiger partial charge >= 0.3 is 0 Å². The van der Waals surface area contributed by atoms with Crippen molar-refractivity contribution in [3.05, 3.63) is 59.7 Å². The van der Waals surface area contributed by atoms with Crippen LogP contribution in [0.5, 0.6) is 0 Å². The number of carbonyl (C=O) groups is 1. The number of rotatable bonds is 4. The lowest BCUT2D eigenvalue weighted by molar-refractivity contribution is 0.0977. The minimum atomic E-state index is -3.38. The van der Waals surface area contributed by atoms with Gasteiger partial charge in [0.15, 0.2) is 5.11 Å². The second-order valence-electron chi connectivity index (χ2n) is 5.18. The standard InChI is InChI=1S/C16H17N3O3S2/c1-11-8-9-13(10-14(11)19-24(2,21)22)17-16(23)18-15(20)12-6-4-3-5-7-12/h3-10,19H,1-2H3,(H2,17,18,20,23). The molecule has 0 aliphatic rings. The van der Waals surface area contributed by atoms with Crippen LogP contribution in [0, 0.1) is 6.92 Å². The summed E-state index contributed by atoms with van der Waals surface area (Å²) in [4.78, 5) is 12.0. The first-order valence-electron chi connectivity index (χ1n) is 7.00. The van der Waals surface area contributed by atoms with E-state index in [2.05, 4.69) is 15.4 Å². The fourth-order valence-electron chi connectivity index (χ4n) is 1.94. The summed E-state index contributed by atoms with van der Waals surface area (Å²) in [6.07, 6.45) is 1.08. The van der Waals surface area contributed by atoms with E-state index in [1.807, 2.05) is 6.07 Å². The minimum absolute atomic E-state index is 0.123. The highest BCUT2D eigenvalue weighted by atomic mass is 32.2. The summed E-state index contributed by atoms with van der Waals surface area (Å²) in [5, 5.41) is 5.55. The summed E-state index contributed by atoms with van der Waals surface area (Å²) in [6, 6.07) is 13.8. The zero-order chi connectivity index (χ0) is 17.7. The first kappa shape index (κ1) is 17.9. The van der Waals surface area contributed by atoms with Gasteiger partial charge in [0.25, 0.3) is 5.91 Å². The molecule has 2 rings (SSSR count). The van der Waals surface area contributed by atoms with E-state index in [9.17, 15) is 13.2 Å². The Balaban J connectivity index is 2.06. The number of anilines is 2. The molecule has 0 fully saturated rings. The van der Waals surface area contributed by atoms with E-state index >= 15 is 0 Å². The van der Waals surface area contributed by atoms with Crippen molar-refractivity contribution < 1.29 is 13.2 Å². The zero-order valence-electron chi connectivity index (χ0n) is 13.2. The molecule has 6 nitrogen and oxygen atoms in total. The highest BCUT2D eigenvalue weighted by molar-refractivity contribution is 7.92. The molecule has 0 aliphatic carbocycles. The molecule has 24 heavy (non-hydrogen) atoms. The van der Waals surface area contributed by atoms with E-state index in [1.165, 1.54) is 0 Å². The molecule has 3 N–H and O–H groups in total. The molecule has 0 unspecified atom stereocenters. The molecule has 0 saturated carbocycles. The van der Waals surface area contributed by atoms with Crippen molar-refractivity contribution in [1.29, 1.82) is 0 Å². The summed E-state index contributed by atoms with van der Waals surface area (Å²) >= 11 is 5.12. The van der Waals surface area contributed by atoms with Crippen LogP contribution < -0.4 is 15.4 Å². The van der Waals surface area contributed by atoms with Gasteiger partial charge in [0.05, 0.1) is 11.9 Å². The fraction of sp³-hybridized carbons (Fsp3) is 0.125. The lowest BCUT2D eigenvalue weighted by Gasteiger charge is -2.13. The highest BCUT2D eigenvalue weighted by Gasteiger charge is 2.09. The molecule has 8 heteroatoms. The summed E-state index contributed by atoms with van der Waals surface area (Å²) < 4.78 is 25.2. The number of hydrogen-bond donors (Lipinski definition) is 3. The Kier molecular flexibility index (Phi) is 5.53. The van der Waals surface area contributed by atoms with Crippen LogP contribution in [0.3, 0.4) is 0 Å². The summed E-state index contributed by atoms with van der Waals surface area (Å²) in [6.45, 7) is 1.78. The lowest BCUT2D eigenvalue weighted by Crippen LogP contribution is -2.34. The Morgan fingerprint density at radius 3 is 2.38 bits per heavy atom. The molecule has 0 heterocycles. The maximum Gasteiger partial charge on any atom is 0.257 e. The fourth-order valence-corrected chi connectivity index (χ4v) is 2.77. The van der Waals surface area contributed by atoms with Crippen LogP contribution in [0.15, 0.2) is 48.5 Å². The largest absolute Gasteiger partial charge is 0.332 e. The first-order chi connectivity index (χ1) is 11.2. The third-order valence-corrected chi connectivity index (χ3v) is 3.85. The van der Waals surface area contributed by atoms with Gasteiger partial charge in [0, 0.05) is 11.3 Å². The van der Waals surface area contributed by atoms with Crippen molar-refractivity contribution in [2.45, 2.75) is 6.92 Å². The third kappa shape index (κ3) is 5.32. The van der Waals surface area contributed by atoms with Crippen LogP contribution in [-0.2, 0) is 10.0 Å². The predicted octanol–water partition coefficient (Wildman–Crippen LogP) is 2.49. The number of sulfonamides is 1. The Hall–Kier alpha value is -2.45. The smallest absolute Gasteiger partial charge is 0.257 e. The second kappa shape index (κ2) is 7.41. The molecule has 2 aromatic carbocycles. The van der Waals surface area contributed by atoms with Crippen LogP contribution >= 0.6 is 12.2 Å². The maximum atomic E-state index is 12.0. The molecule has 2 aromatic rings. The molecule has 0 radical (unpaired) electrons. The number of benzene rings is 2. The number of aryl methyl sites for hydroxylation is 1. The van der Waals surface area contributed by atoms with Gasteiger partial charge in [0.2, 0.25) is 10.0 Å². The van der Waals surface area contributed by atoms with E-state index in [-0.39, 0.29) is 11.0 Å². The highest BCUT2D eigenvalue weighted by Crippen LogP contribution is 2.21. The van der Waals surface area contributed by atoms with Gasteiger partial charge in [-0.3, -0.25) is 14.8 Å². The molecule has 0 atom stereocenters. The van der Waals surface area contributed by atoms with Crippen LogP contribution in [0.4, 0.5) is 11.4 Å². The lowest BCUT2D eigenvalue weighted by atomic mass is 10.2. The quantitative estimate of drug-likeness (QED) is 0.727. The normalized spacial score (nSPS) is 10.8. The molecule has 126 valence electrons. The molecule has 1 amide bonds. The average molecular weight is 363 g/mol. The molecule has 0 saturated heterocycles. The molecule has 0 aliphatic heterocycles. The number of amides is 1. The van der Waals surface area contributed by atoms with E-state index < -0.39 is 10.0 Å². The average Bonchev–Trinajstić information content (AvgIpc) is 2.50. The van der Waals surface area contributed by atoms with Gasteiger partial charge < -0.3 is 5.32 Å². The van der Waals surface area contributed by atoms with Crippen molar-refractivity contribution >= 4 is 44.6 Å². The topological polar surface area (TPSA) is 87.3 Å². The van der Waals surface area contributed by atoms with Crippen molar-refractivity contribution in [2.24, 2.45) is 0 Å². The van der Waals surface area contributed by atoms with E-state index in [4.69, 9.17) is 12.2 Å². The van der Waals surface area contributed by atoms with Gasteiger partial charge in [-0.25, -0.2) is 8.42 Å². The number of thiocarbonyl (C=S) groups is 1. The molecule has 0 aromatic heterocycles. The summed E-state index contributed by atoms with van der Waals surface area (Å²) in [5.41, 5.74) is 2.26. The zero-order valence-corrected chi connectivity index (χ0v) is 14.8.